The summed E-state index contributed by atoms with van der Waals surface area (Å²) in [6, 6.07) is 18.2. The summed E-state index contributed by atoms with van der Waals surface area (Å²) in [7, 11) is 1.33. The number of amides is 1. The molecule has 0 saturated carbocycles. The molecule has 1 fully saturated rings. The van der Waals surface area contributed by atoms with Gasteiger partial charge in [0.2, 0.25) is 6.79 Å². The average molecular weight is 507 g/mol. The second kappa shape index (κ2) is 10.1. The van der Waals surface area contributed by atoms with Gasteiger partial charge in [-0.2, -0.15) is 0 Å². The van der Waals surface area contributed by atoms with E-state index in [1.54, 1.807) is 12.3 Å². The third-order valence-electron chi connectivity index (χ3n) is 5.75. The molecule has 0 N–H and O–H groups in total. The predicted molar refractivity (Wildman–Crippen MR) is 137 cm³/mol. The molecule has 1 saturated heterocycles. The smallest absolute Gasteiger partial charge is 0.329 e. The summed E-state index contributed by atoms with van der Waals surface area (Å²) in [4.78, 5) is 32.4. The van der Waals surface area contributed by atoms with Crippen LogP contribution >= 0.6 is 24.4 Å². The van der Waals surface area contributed by atoms with Crippen LogP contribution in [0.1, 0.15) is 11.1 Å². The van der Waals surface area contributed by atoms with E-state index in [2.05, 4.69) is 17.6 Å². The lowest BCUT2D eigenvalue weighted by Gasteiger charge is -2.28. The van der Waals surface area contributed by atoms with Gasteiger partial charge < -0.3 is 19.1 Å². The predicted octanol–water partition coefficient (Wildman–Crippen LogP) is 4.39. The van der Waals surface area contributed by atoms with Gasteiger partial charge in [0.1, 0.15) is 10.7 Å². The molecular weight excluding hydrogens is 484 g/mol. The number of aromatic nitrogens is 1. The minimum absolute atomic E-state index is 0.218. The van der Waals surface area contributed by atoms with E-state index in [1.165, 1.54) is 23.8 Å². The highest BCUT2D eigenvalue weighted by molar-refractivity contribution is 8.14. The third-order valence-corrected chi connectivity index (χ3v) is 7.30. The Balaban J connectivity index is 1.35. The molecule has 0 bridgehead atoms. The van der Waals surface area contributed by atoms with Crippen LogP contribution in [0.2, 0.25) is 0 Å². The largest absolute Gasteiger partial charge is 0.467 e. The van der Waals surface area contributed by atoms with Crippen molar-refractivity contribution in [1.29, 1.82) is 0 Å². The molecule has 1 aromatic heterocycles. The molecule has 0 aliphatic carbocycles. The Morgan fingerprint density at radius 2 is 2.00 bits per heavy atom. The molecule has 0 radical (unpaired) electrons. The summed E-state index contributed by atoms with van der Waals surface area (Å²) < 4.78 is 15.3. The summed E-state index contributed by atoms with van der Waals surface area (Å²) in [5.41, 5.74) is 3.38. The zero-order valence-electron chi connectivity index (χ0n) is 18.8. The zero-order valence-corrected chi connectivity index (χ0v) is 20.5. The first-order chi connectivity index (χ1) is 17.0. The molecule has 2 atom stereocenters. The molecule has 3 aromatic rings. The second-order valence-electron chi connectivity index (χ2n) is 7.94. The fourth-order valence-corrected chi connectivity index (χ4v) is 5.58. The first-order valence-electron chi connectivity index (χ1n) is 10.9. The van der Waals surface area contributed by atoms with Crippen LogP contribution in [0.3, 0.4) is 0 Å². The highest BCUT2D eigenvalue weighted by Gasteiger charge is 2.42. The highest BCUT2D eigenvalue weighted by Crippen LogP contribution is 2.40. The fourth-order valence-electron chi connectivity index (χ4n) is 3.98. The van der Waals surface area contributed by atoms with E-state index in [1.807, 2.05) is 60.7 Å². The zero-order chi connectivity index (χ0) is 24.4. The number of hydrogen-bond donors (Lipinski definition) is 1. The van der Waals surface area contributed by atoms with Gasteiger partial charge in [-0.15, -0.1) is 12.6 Å². The molecule has 2 aliphatic heterocycles. The molecule has 5 rings (SSSR count). The molecule has 178 valence electrons. The summed E-state index contributed by atoms with van der Waals surface area (Å²) in [5.74, 6) is 0.674. The number of pyridine rings is 1. The van der Waals surface area contributed by atoms with Crippen LogP contribution < -0.4 is 9.47 Å². The van der Waals surface area contributed by atoms with Crippen LogP contribution in [0.15, 0.2) is 71.8 Å². The van der Waals surface area contributed by atoms with Gasteiger partial charge in [0.25, 0.3) is 5.91 Å². The van der Waals surface area contributed by atoms with Crippen LogP contribution in [0, 0.1) is 0 Å². The van der Waals surface area contributed by atoms with Crippen LogP contribution in [0.4, 0.5) is 0 Å². The topological polar surface area (TPSA) is 78.0 Å². The van der Waals surface area contributed by atoms with Gasteiger partial charge in [-0.25, -0.2) is 4.79 Å². The number of rotatable bonds is 6. The molecule has 7 nitrogen and oxygen atoms in total. The maximum Gasteiger partial charge on any atom is 0.329 e. The highest BCUT2D eigenvalue weighted by atomic mass is 32.2. The number of carbonyl (C=O) groups excluding carboxylic acids is 2. The lowest BCUT2D eigenvalue weighted by atomic mass is 10.0. The van der Waals surface area contributed by atoms with E-state index in [-0.39, 0.29) is 12.7 Å². The minimum atomic E-state index is -0.776. The van der Waals surface area contributed by atoms with Gasteiger partial charge in [0, 0.05) is 18.2 Å². The number of esters is 1. The van der Waals surface area contributed by atoms with Gasteiger partial charge in [0.05, 0.1) is 17.7 Å². The van der Waals surface area contributed by atoms with Crippen molar-refractivity contribution in [3.8, 4) is 22.8 Å². The van der Waals surface area contributed by atoms with E-state index in [9.17, 15) is 9.59 Å². The van der Waals surface area contributed by atoms with Gasteiger partial charge in [-0.1, -0.05) is 48.2 Å². The maximum atomic E-state index is 13.3. The van der Waals surface area contributed by atoms with Crippen molar-refractivity contribution in [2.75, 3.05) is 13.9 Å². The average Bonchev–Trinajstić information content (AvgIpc) is 3.46. The van der Waals surface area contributed by atoms with Crippen molar-refractivity contribution >= 4 is 42.3 Å². The normalized spacial score (nSPS) is 18.7. The number of ether oxygens (including phenoxy) is 3. The van der Waals surface area contributed by atoms with Gasteiger partial charge in [-0.05, 0) is 41.5 Å². The van der Waals surface area contributed by atoms with Crippen LogP contribution in [-0.2, 0) is 20.7 Å². The number of hydrogen-bond acceptors (Lipinski definition) is 8. The van der Waals surface area contributed by atoms with Gasteiger partial charge in [-0.3, -0.25) is 9.78 Å². The monoisotopic (exact) mass is 506 g/mol. The Morgan fingerprint density at radius 3 is 2.74 bits per heavy atom. The van der Waals surface area contributed by atoms with Gasteiger partial charge >= 0.3 is 5.97 Å². The van der Waals surface area contributed by atoms with Crippen LogP contribution in [-0.4, -0.2) is 46.4 Å². The first kappa shape index (κ1) is 23.3. The van der Waals surface area contributed by atoms with E-state index in [0.717, 1.165) is 28.1 Å². The number of carbonyl (C=O) groups is 2. The SMILES string of the molecule is COC(=O)[C@H](Cc1ccccc1)N1C(=O)/C(=C/c2ccc(-c3ccc4c(c3)OCO4)nc2)SC1S. The molecular formula is C26H22N2O5S2. The number of fused-ring (bicyclic) bond motifs is 1. The lowest BCUT2D eigenvalue weighted by molar-refractivity contribution is -0.150. The van der Waals surface area contributed by atoms with Crippen LogP contribution in [0.25, 0.3) is 17.3 Å². The molecule has 0 spiro atoms. The Kier molecular flexibility index (Phi) is 6.70. The van der Waals surface area contributed by atoms with Crippen molar-refractivity contribution in [1.82, 2.24) is 9.88 Å². The maximum absolute atomic E-state index is 13.3. The first-order valence-corrected chi connectivity index (χ1v) is 12.3. The Hall–Kier alpha value is -3.43. The molecule has 35 heavy (non-hydrogen) atoms. The quantitative estimate of drug-likeness (QED) is 0.302. The van der Waals surface area contributed by atoms with E-state index >= 15 is 0 Å². The summed E-state index contributed by atoms with van der Waals surface area (Å²) in [6.07, 6.45) is 3.82. The van der Waals surface area contributed by atoms with Crippen molar-refractivity contribution in [2.24, 2.45) is 0 Å². The Labute approximate surface area is 212 Å². The number of thiol groups is 1. The number of methoxy groups -OCH3 is 1. The summed E-state index contributed by atoms with van der Waals surface area (Å²) >= 11 is 5.88. The standard InChI is InChI=1S/C26H22N2O5S2/c1-31-25(30)20(11-16-5-3-2-4-6-16)28-24(29)23(35-26(28)34)12-17-7-9-19(27-14-17)18-8-10-21-22(13-18)33-15-32-21/h2-10,12-14,20,26,34H,11,15H2,1H3/b23-12-/t20-,26?/m0/s1. The van der Waals surface area contributed by atoms with E-state index < -0.39 is 16.7 Å². The summed E-state index contributed by atoms with van der Waals surface area (Å²) in [6.45, 7) is 0.218. The molecule has 2 aliphatic rings. The number of benzene rings is 2. The van der Waals surface area contributed by atoms with Crippen molar-refractivity contribution in [3.05, 3.63) is 82.9 Å². The van der Waals surface area contributed by atoms with Crippen molar-refractivity contribution < 1.29 is 23.8 Å². The van der Waals surface area contributed by atoms with Crippen molar-refractivity contribution in [2.45, 2.75) is 17.2 Å². The molecule has 3 heterocycles. The minimum Gasteiger partial charge on any atom is -0.467 e. The Bertz CT molecular complexity index is 1280. The van der Waals surface area contributed by atoms with E-state index in [0.29, 0.717) is 17.1 Å². The van der Waals surface area contributed by atoms with Crippen LogP contribution in [0.5, 0.6) is 11.5 Å². The third kappa shape index (κ3) is 4.87. The Morgan fingerprint density at radius 1 is 1.20 bits per heavy atom. The molecule has 9 heteroatoms. The fraction of sp³-hybridized carbons (Fsp3) is 0.192. The molecule has 1 unspecified atom stereocenters. The summed E-state index contributed by atoms with van der Waals surface area (Å²) in [5, 5.41) is 0. The number of thioether (sulfide) groups is 1. The van der Waals surface area contributed by atoms with Crippen molar-refractivity contribution in [3.63, 3.8) is 0 Å². The number of nitrogens with zero attached hydrogens (tertiary/aromatic N) is 2. The second-order valence-corrected chi connectivity index (χ2v) is 9.90. The lowest BCUT2D eigenvalue weighted by Crippen LogP contribution is -2.46. The molecule has 2 aromatic carbocycles. The van der Waals surface area contributed by atoms with E-state index in [4.69, 9.17) is 14.2 Å². The van der Waals surface area contributed by atoms with Gasteiger partial charge in [0.15, 0.2) is 11.5 Å². The molecule has 1 amide bonds.